The van der Waals surface area contributed by atoms with E-state index in [1.54, 1.807) is 10.8 Å². The number of aromatic nitrogens is 1. The van der Waals surface area contributed by atoms with Gasteiger partial charge >= 0.3 is 5.97 Å². The van der Waals surface area contributed by atoms with Crippen LogP contribution < -0.4 is 0 Å². The van der Waals surface area contributed by atoms with Crippen LogP contribution in [0.4, 0.5) is 0 Å². The molecule has 0 radical (unpaired) electrons. The Morgan fingerprint density at radius 1 is 0.960 bits per heavy atom. The highest BCUT2D eigenvalue weighted by atomic mass is 16.4. The summed E-state index contributed by atoms with van der Waals surface area (Å²) in [4.78, 5) is 22.8. The number of hydrogen-bond acceptors (Lipinski definition) is 2. The Labute approximate surface area is 146 Å². The molecule has 3 aromatic rings. The minimum atomic E-state index is -1.44. The third-order valence-corrected chi connectivity index (χ3v) is 4.51. The maximum absolute atomic E-state index is 11.8. The van der Waals surface area contributed by atoms with Gasteiger partial charge in [-0.1, -0.05) is 57.2 Å². The molecule has 4 nitrogen and oxygen atoms in total. The number of carbonyl (C=O) groups excluding carboxylic acids is 1. The third kappa shape index (κ3) is 3.07. The zero-order valence-corrected chi connectivity index (χ0v) is 14.8. The van der Waals surface area contributed by atoms with Crippen LogP contribution in [-0.4, -0.2) is 21.4 Å². The summed E-state index contributed by atoms with van der Waals surface area (Å²) in [5.74, 6) is -2.32. The Bertz CT molecular complexity index is 973. The molecule has 0 spiro atoms. The van der Waals surface area contributed by atoms with Crippen LogP contribution in [-0.2, 0) is 17.3 Å². The summed E-state index contributed by atoms with van der Waals surface area (Å²) in [5, 5.41) is 9.63. The van der Waals surface area contributed by atoms with E-state index in [0.717, 1.165) is 16.6 Å². The van der Waals surface area contributed by atoms with Crippen molar-refractivity contribution in [2.45, 2.75) is 26.2 Å². The van der Waals surface area contributed by atoms with Gasteiger partial charge in [-0.05, 0) is 28.2 Å². The number of carbonyl (C=O) groups is 2. The number of carboxylic acids is 1. The molecule has 0 aliphatic carbocycles. The van der Waals surface area contributed by atoms with Gasteiger partial charge in [0.2, 0.25) is 0 Å². The molecule has 1 heterocycles. The van der Waals surface area contributed by atoms with Crippen molar-refractivity contribution in [3.8, 4) is 11.1 Å². The molecule has 0 amide bonds. The van der Waals surface area contributed by atoms with Crippen molar-refractivity contribution in [2.75, 3.05) is 0 Å². The van der Waals surface area contributed by atoms with Crippen LogP contribution in [0.3, 0.4) is 0 Å². The lowest BCUT2D eigenvalue weighted by Gasteiger charge is -2.19. The predicted octanol–water partition coefficient (Wildman–Crippen LogP) is 4.41. The third-order valence-electron chi connectivity index (χ3n) is 4.51. The molecule has 1 N–H and O–H groups in total. The highest BCUT2D eigenvalue weighted by Gasteiger charge is 2.20. The molecule has 0 aliphatic heterocycles. The zero-order chi connectivity index (χ0) is 18.4. The molecule has 0 unspecified atom stereocenters. The maximum Gasteiger partial charge on any atom is 0.377 e. The van der Waals surface area contributed by atoms with Crippen LogP contribution in [0.5, 0.6) is 0 Å². The molecular formula is C21H21NO3. The molecule has 0 bridgehead atoms. The molecular weight excluding hydrogens is 314 g/mol. The first-order valence-corrected chi connectivity index (χ1v) is 8.16. The quantitative estimate of drug-likeness (QED) is 0.570. The summed E-state index contributed by atoms with van der Waals surface area (Å²) in [6, 6.07) is 14.2. The first-order valence-electron chi connectivity index (χ1n) is 8.16. The first-order chi connectivity index (χ1) is 11.7. The van der Waals surface area contributed by atoms with E-state index in [-0.39, 0.29) is 11.0 Å². The molecule has 0 aliphatic rings. The van der Waals surface area contributed by atoms with Gasteiger partial charge < -0.3 is 9.67 Å². The van der Waals surface area contributed by atoms with Gasteiger partial charge in [-0.3, -0.25) is 4.79 Å². The highest BCUT2D eigenvalue weighted by molar-refractivity contribution is 6.42. The van der Waals surface area contributed by atoms with E-state index in [1.807, 2.05) is 25.2 Å². The molecule has 0 atom stereocenters. The Hall–Kier alpha value is -2.88. The normalized spacial score (nSPS) is 11.7. The standard InChI is InChI=1S/C21H21NO3/c1-21(2,3)15-8-5-13(6-9-15)14-7-10-16-17(19(23)20(24)25)12-22(4)18(16)11-14/h5-12H,1-4H3,(H,24,25). The van der Waals surface area contributed by atoms with E-state index in [0.29, 0.717) is 5.39 Å². The number of aryl methyl sites for hydroxylation is 1. The van der Waals surface area contributed by atoms with E-state index >= 15 is 0 Å². The van der Waals surface area contributed by atoms with Crippen molar-refractivity contribution in [1.29, 1.82) is 0 Å². The summed E-state index contributed by atoms with van der Waals surface area (Å²) in [7, 11) is 1.81. The minimum Gasteiger partial charge on any atom is -0.475 e. The topological polar surface area (TPSA) is 59.3 Å². The van der Waals surface area contributed by atoms with Gasteiger partial charge in [0, 0.05) is 24.1 Å². The lowest BCUT2D eigenvalue weighted by molar-refractivity contribution is -0.131. The number of ketones is 1. The van der Waals surface area contributed by atoms with Gasteiger partial charge in [0.05, 0.1) is 5.56 Å². The number of hydrogen-bond donors (Lipinski definition) is 1. The highest BCUT2D eigenvalue weighted by Crippen LogP contribution is 2.30. The second-order valence-corrected chi connectivity index (χ2v) is 7.35. The summed E-state index contributed by atoms with van der Waals surface area (Å²) in [6.07, 6.45) is 1.58. The first kappa shape index (κ1) is 17.0. The Balaban J connectivity index is 2.06. The smallest absolute Gasteiger partial charge is 0.377 e. The lowest BCUT2D eigenvalue weighted by Crippen LogP contribution is -2.12. The molecule has 25 heavy (non-hydrogen) atoms. The molecule has 128 valence electrons. The second-order valence-electron chi connectivity index (χ2n) is 7.35. The molecule has 0 fully saturated rings. The summed E-state index contributed by atoms with van der Waals surface area (Å²) >= 11 is 0. The van der Waals surface area contributed by atoms with E-state index in [2.05, 4.69) is 45.0 Å². The Morgan fingerprint density at radius 3 is 2.12 bits per heavy atom. The van der Waals surface area contributed by atoms with Gasteiger partial charge in [-0.15, -0.1) is 0 Å². The monoisotopic (exact) mass is 335 g/mol. The number of fused-ring (bicyclic) bond motifs is 1. The van der Waals surface area contributed by atoms with Gasteiger partial charge in [0.1, 0.15) is 0 Å². The lowest BCUT2D eigenvalue weighted by atomic mass is 9.86. The fourth-order valence-electron chi connectivity index (χ4n) is 3.02. The predicted molar refractivity (Wildman–Crippen MR) is 99.0 cm³/mol. The zero-order valence-electron chi connectivity index (χ0n) is 14.8. The number of benzene rings is 2. The number of aliphatic carboxylic acids is 1. The van der Waals surface area contributed by atoms with E-state index in [1.165, 1.54) is 5.56 Å². The van der Waals surface area contributed by atoms with Crippen molar-refractivity contribution in [2.24, 2.45) is 7.05 Å². The van der Waals surface area contributed by atoms with Crippen LogP contribution in [0.1, 0.15) is 36.7 Å². The molecule has 4 heteroatoms. The van der Waals surface area contributed by atoms with Gasteiger partial charge in [-0.2, -0.15) is 0 Å². The van der Waals surface area contributed by atoms with Gasteiger partial charge in [0.25, 0.3) is 5.78 Å². The largest absolute Gasteiger partial charge is 0.475 e. The number of Topliss-reactive ketones (excluding diaryl/α,β-unsaturated/α-hetero) is 1. The van der Waals surface area contributed by atoms with Crippen LogP contribution >= 0.6 is 0 Å². The fraction of sp³-hybridized carbons (Fsp3) is 0.238. The minimum absolute atomic E-state index is 0.104. The van der Waals surface area contributed by atoms with Crippen molar-refractivity contribution >= 4 is 22.7 Å². The molecule has 0 saturated heterocycles. The van der Waals surface area contributed by atoms with Gasteiger partial charge in [0.15, 0.2) is 0 Å². The van der Waals surface area contributed by atoms with Crippen molar-refractivity contribution in [1.82, 2.24) is 4.57 Å². The summed E-state index contributed by atoms with van der Waals surface area (Å²) in [5.41, 5.74) is 4.55. The molecule has 0 saturated carbocycles. The fourth-order valence-corrected chi connectivity index (χ4v) is 3.02. The van der Waals surface area contributed by atoms with E-state index in [4.69, 9.17) is 5.11 Å². The second kappa shape index (κ2) is 5.88. The van der Waals surface area contributed by atoms with Crippen LogP contribution in [0.15, 0.2) is 48.7 Å². The maximum atomic E-state index is 11.8. The SMILES string of the molecule is Cn1cc(C(=O)C(=O)O)c2ccc(-c3ccc(C(C)(C)C)cc3)cc21. The van der Waals surface area contributed by atoms with Crippen LogP contribution in [0.2, 0.25) is 0 Å². The summed E-state index contributed by atoms with van der Waals surface area (Å²) < 4.78 is 1.79. The Kier molecular flexibility index (Phi) is 3.99. The van der Waals surface area contributed by atoms with Crippen molar-refractivity contribution in [3.63, 3.8) is 0 Å². The summed E-state index contributed by atoms with van der Waals surface area (Å²) in [6.45, 7) is 6.54. The average molecular weight is 335 g/mol. The van der Waals surface area contributed by atoms with Gasteiger partial charge in [-0.25, -0.2) is 4.79 Å². The van der Waals surface area contributed by atoms with Crippen LogP contribution in [0.25, 0.3) is 22.0 Å². The molecule has 3 rings (SSSR count). The van der Waals surface area contributed by atoms with E-state index < -0.39 is 11.8 Å². The number of carboxylic acid groups (broad SMARTS) is 1. The van der Waals surface area contributed by atoms with Crippen molar-refractivity contribution in [3.05, 3.63) is 59.8 Å². The van der Waals surface area contributed by atoms with E-state index in [9.17, 15) is 9.59 Å². The Morgan fingerprint density at radius 2 is 1.56 bits per heavy atom. The number of rotatable bonds is 3. The molecule has 2 aromatic carbocycles. The van der Waals surface area contributed by atoms with Crippen LogP contribution in [0, 0.1) is 0 Å². The molecule has 1 aromatic heterocycles. The van der Waals surface area contributed by atoms with Crippen molar-refractivity contribution < 1.29 is 14.7 Å². The average Bonchev–Trinajstić information content (AvgIpc) is 2.90. The number of nitrogens with zero attached hydrogens (tertiary/aromatic N) is 1.